The molecule has 1 saturated carbocycles. The molecule has 0 unspecified atom stereocenters. The Morgan fingerprint density at radius 3 is 2.24 bits per heavy atom. The number of tetrazole rings is 1. The Bertz CT molecular complexity index is 482. The van der Waals surface area contributed by atoms with Crippen molar-refractivity contribution >= 4 is 17.7 Å². The fraction of sp³-hybridized carbons (Fsp3) is 0.889. The summed E-state index contributed by atoms with van der Waals surface area (Å²) in [5, 5.41) is 15.5. The van der Waals surface area contributed by atoms with Crippen LogP contribution in [0.25, 0.3) is 0 Å². The minimum atomic E-state index is 0.203. The summed E-state index contributed by atoms with van der Waals surface area (Å²) in [6.45, 7) is 0. The van der Waals surface area contributed by atoms with Gasteiger partial charge in [-0.1, -0.05) is 69.5 Å². The van der Waals surface area contributed by atoms with Crippen molar-refractivity contribution in [2.45, 2.75) is 94.7 Å². The standard InChI is InChI=1S/C18H33N5OS/c1-23-18(20-21-22-23)25-15-11-14-17(24)19-16-12-9-7-5-3-2-4-6-8-10-13-16/h16H,2-15H2,1H3,(H,19,24). The first kappa shape index (κ1) is 20.2. The lowest BCUT2D eigenvalue weighted by Gasteiger charge is -2.19. The van der Waals surface area contributed by atoms with E-state index < -0.39 is 0 Å². The molecule has 6 nitrogen and oxygen atoms in total. The zero-order valence-corrected chi connectivity index (χ0v) is 16.4. The van der Waals surface area contributed by atoms with E-state index in [4.69, 9.17) is 0 Å². The highest BCUT2D eigenvalue weighted by atomic mass is 32.2. The van der Waals surface area contributed by atoms with Crippen LogP contribution in [0.1, 0.15) is 83.5 Å². The van der Waals surface area contributed by atoms with Crippen LogP contribution in [-0.2, 0) is 11.8 Å². The van der Waals surface area contributed by atoms with Crippen LogP contribution in [0.5, 0.6) is 0 Å². The number of amides is 1. The van der Waals surface area contributed by atoms with Gasteiger partial charge in [0.25, 0.3) is 0 Å². The zero-order chi connectivity index (χ0) is 17.7. The van der Waals surface area contributed by atoms with E-state index in [9.17, 15) is 4.79 Å². The molecular weight excluding hydrogens is 334 g/mol. The minimum Gasteiger partial charge on any atom is -0.353 e. The number of rotatable bonds is 6. The van der Waals surface area contributed by atoms with Gasteiger partial charge in [-0.15, -0.1) is 5.10 Å². The van der Waals surface area contributed by atoms with E-state index in [0.717, 1.165) is 30.2 Å². The molecule has 7 heteroatoms. The normalized spacial score (nSPS) is 18.3. The molecule has 1 aromatic rings. The van der Waals surface area contributed by atoms with Gasteiger partial charge >= 0.3 is 0 Å². The lowest BCUT2D eigenvalue weighted by molar-refractivity contribution is -0.121. The molecule has 0 aliphatic heterocycles. The van der Waals surface area contributed by atoms with Crippen molar-refractivity contribution in [3.8, 4) is 0 Å². The van der Waals surface area contributed by atoms with E-state index in [-0.39, 0.29) is 5.91 Å². The Hall–Kier alpha value is -1.11. The Morgan fingerprint density at radius 2 is 1.68 bits per heavy atom. The molecule has 0 atom stereocenters. The van der Waals surface area contributed by atoms with Crippen LogP contribution in [0.2, 0.25) is 0 Å². The largest absolute Gasteiger partial charge is 0.353 e. The number of aryl methyl sites for hydroxylation is 1. The van der Waals surface area contributed by atoms with Crippen molar-refractivity contribution in [3.05, 3.63) is 0 Å². The third kappa shape index (κ3) is 8.70. The maximum absolute atomic E-state index is 12.2. The second-order valence-electron chi connectivity index (χ2n) is 7.06. The molecule has 0 saturated heterocycles. The molecule has 0 aromatic carbocycles. The van der Waals surface area contributed by atoms with Crippen molar-refractivity contribution < 1.29 is 4.79 Å². The monoisotopic (exact) mass is 367 g/mol. The maximum Gasteiger partial charge on any atom is 0.220 e. The van der Waals surface area contributed by atoms with Gasteiger partial charge in [-0.25, -0.2) is 4.68 Å². The second-order valence-corrected chi connectivity index (χ2v) is 8.12. The molecular formula is C18H33N5OS. The molecule has 142 valence electrons. The summed E-state index contributed by atoms with van der Waals surface area (Å²) in [5.41, 5.74) is 0. The zero-order valence-electron chi connectivity index (χ0n) is 15.6. The Kier molecular flexibility index (Phi) is 9.92. The first-order valence-electron chi connectivity index (χ1n) is 9.90. The number of hydrogen-bond acceptors (Lipinski definition) is 5. The molecule has 0 spiro atoms. The number of aromatic nitrogens is 4. The smallest absolute Gasteiger partial charge is 0.220 e. The van der Waals surface area contributed by atoms with E-state index in [1.165, 1.54) is 57.8 Å². The van der Waals surface area contributed by atoms with Crippen molar-refractivity contribution in [3.63, 3.8) is 0 Å². The quantitative estimate of drug-likeness (QED) is 0.610. The van der Waals surface area contributed by atoms with E-state index in [1.54, 1.807) is 16.4 Å². The van der Waals surface area contributed by atoms with E-state index in [0.29, 0.717) is 12.5 Å². The lowest BCUT2D eigenvalue weighted by atomic mass is 9.98. The highest BCUT2D eigenvalue weighted by molar-refractivity contribution is 7.99. The Labute approximate surface area is 155 Å². The van der Waals surface area contributed by atoms with Crippen LogP contribution in [0.15, 0.2) is 5.16 Å². The summed E-state index contributed by atoms with van der Waals surface area (Å²) in [4.78, 5) is 12.2. The van der Waals surface area contributed by atoms with Crippen LogP contribution in [-0.4, -0.2) is 37.9 Å². The van der Waals surface area contributed by atoms with Crippen molar-refractivity contribution in [1.82, 2.24) is 25.5 Å². The van der Waals surface area contributed by atoms with Crippen LogP contribution in [0, 0.1) is 0 Å². The van der Waals surface area contributed by atoms with Crippen molar-refractivity contribution in [2.24, 2.45) is 7.05 Å². The number of carbonyl (C=O) groups is 1. The number of nitrogens with zero attached hydrogens (tertiary/aromatic N) is 4. The van der Waals surface area contributed by atoms with Gasteiger partial charge in [0.2, 0.25) is 11.1 Å². The molecule has 1 aliphatic rings. The van der Waals surface area contributed by atoms with E-state index in [2.05, 4.69) is 20.8 Å². The lowest BCUT2D eigenvalue weighted by Crippen LogP contribution is -2.34. The summed E-state index contributed by atoms with van der Waals surface area (Å²) in [6, 6.07) is 0.377. The Balaban J connectivity index is 1.63. The van der Waals surface area contributed by atoms with Gasteiger partial charge in [-0.3, -0.25) is 4.79 Å². The third-order valence-electron chi connectivity index (χ3n) is 4.83. The summed E-state index contributed by atoms with van der Waals surface area (Å²) in [5.74, 6) is 1.07. The van der Waals surface area contributed by atoms with Gasteiger partial charge in [0.05, 0.1) is 0 Å². The van der Waals surface area contributed by atoms with Gasteiger partial charge in [-0.05, 0) is 29.7 Å². The van der Waals surface area contributed by atoms with Crippen molar-refractivity contribution in [2.75, 3.05) is 5.75 Å². The molecule has 1 heterocycles. The van der Waals surface area contributed by atoms with E-state index >= 15 is 0 Å². The predicted molar refractivity (Wildman–Crippen MR) is 101 cm³/mol. The molecule has 1 amide bonds. The van der Waals surface area contributed by atoms with Crippen LogP contribution in [0.4, 0.5) is 0 Å². The van der Waals surface area contributed by atoms with Gasteiger partial charge in [0.1, 0.15) is 0 Å². The minimum absolute atomic E-state index is 0.203. The van der Waals surface area contributed by atoms with E-state index in [1.807, 2.05) is 7.05 Å². The molecule has 1 N–H and O–H groups in total. The summed E-state index contributed by atoms with van der Waals surface area (Å²) in [6.07, 6.45) is 15.8. The predicted octanol–water partition coefficient (Wildman–Crippen LogP) is 3.87. The third-order valence-corrected chi connectivity index (χ3v) is 5.93. The molecule has 2 rings (SSSR count). The highest BCUT2D eigenvalue weighted by Gasteiger charge is 2.13. The molecule has 0 radical (unpaired) electrons. The summed E-state index contributed by atoms with van der Waals surface area (Å²) < 4.78 is 1.66. The Morgan fingerprint density at radius 1 is 1.08 bits per heavy atom. The fourth-order valence-corrected chi connectivity index (χ4v) is 4.14. The van der Waals surface area contributed by atoms with Gasteiger partial charge in [0.15, 0.2) is 0 Å². The second kappa shape index (κ2) is 12.3. The molecule has 1 aromatic heterocycles. The highest BCUT2D eigenvalue weighted by Crippen LogP contribution is 2.18. The number of carbonyl (C=O) groups excluding carboxylic acids is 1. The van der Waals surface area contributed by atoms with Gasteiger partial charge < -0.3 is 5.32 Å². The van der Waals surface area contributed by atoms with Crippen LogP contribution in [0.3, 0.4) is 0 Å². The molecule has 0 bridgehead atoms. The molecule has 1 fully saturated rings. The topological polar surface area (TPSA) is 72.7 Å². The van der Waals surface area contributed by atoms with Gasteiger partial charge in [0, 0.05) is 25.3 Å². The average Bonchev–Trinajstić information content (AvgIpc) is 2.99. The van der Waals surface area contributed by atoms with Gasteiger partial charge in [-0.2, -0.15) is 0 Å². The summed E-state index contributed by atoms with van der Waals surface area (Å²) >= 11 is 1.60. The molecule has 1 aliphatic carbocycles. The SMILES string of the molecule is Cn1nnnc1SCCCC(=O)NC1CCCCCCCCCCC1. The number of thioether (sulfide) groups is 1. The first-order chi connectivity index (χ1) is 12.3. The van der Waals surface area contributed by atoms with Crippen LogP contribution < -0.4 is 5.32 Å². The first-order valence-corrected chi connectivity index (χ1v) is 10.9. The molecule has 25 heavy (non-hydrogen) atoms. The summed E-state index contributed by atoms with van der Waals surface area (Å²) in [7, 11) is 1.83. The number of hydrogen-bond donors (Lipinski definition) is 1. The number of nitrogens with one attached hydrogen (secondary N) is 1. The fourth-order valence-electron chi connectivity index (χ4n) is 3.35. The van der Waals surface area contributed by atoms with Crippen LogP contribution >= 0.6 is 11.8 Å². The average molecular weight is 368 g/mol. The maximum atomic E-state index is 12.2. The van der Waals surface area contributed by atoms with Crippen molar-refractivity contribution in [1.29, 1.82) is 0 Å².